The molecular formula is C17H16O2. The first-order valence-electron chi connectivity index (χ1n) is 6.58. The molecule has 96 valence electrons. The van der Waals surface area contributed by atoms with Crippen LogP contribution in [-0.2, 0) is 0 Å². The summed E-state index contributed by atoms with van der Waals surface area (Å²) >= 11 is 0. The summed E-state index contributed by atoms with van der Waals surface area (Å²) < 4.78 is 0. The van der Waals surface area contributed by atoms with Gasteiger partial charge in [0.25, 0.3) is 0 Å². The molecule has 0 spiro atoms. The minimum absolute atomic E-state index is 0.185. The van der Waals surface area contributed by atoms with Crippen molar-refractivity contribution in [3.05, 3.63) is 64.7 Å². The van der Waals surface area contributed by atoms with Crippen molar-refractivity contribution < 1.29 is 9.90 Å². The minimum atomic E-state index is 0.185. The van der Waals surface area contributed by atoms with E-state index in [0.717, 1.165) is 23.1 Å². The summed E-state index contributed by atoms with van der Waals surface area (Å²) in [5.41, 5.74) is 3.71. The third kappa shape index (κ3) is 2.03. The highest BCUT2D eigenvalue weighted by Crippen LogP contribution is 2.39. The standard InChI is InChI=1S/C17H16O2/c1-11-9-15-14(10-17(11)19)13(7-8-16(15)18)12-5-3-2-4-6-12/h2-6,9-10,13,19H,7-8H2,1H3. The summed E-state index contributed by atoms with van der Waals surface area (Å²) in [6.07, 6.45) is 1.40. The van der Waals surface area contributed by atoms with E-state index in [1.165, 1.54) is 5.56 Å². The molecule has 2 aromatic rings. The second kappa shape index (κ2) is 4.54. The highest BCUT2D eigenvalue weighted by atomic mass is 16.3. The Labute approximate surface area is 112 Å². The molecule has 2 nitrogen and oxygen atoms in total. The Balaban J connectivity index is 2.15. The number of carbonyl (C=O) groups is 1. The number of ketones is 1. The zero-order valence-electron chi connectivity index (χ0n) is 10.9. The molecule has 0 saturated carbocycles. The van der Waals surface area contributed by atoms with E-state index in [0.29, 0.717) is 6.42 Å². The van der Waals surface area contributed by atoms with Gasteiger partial charge < -0.3 is 5.11 Å². The lowest BCUT2D eigenvalue weighted by Crippen LogP contribution is -2.16. The molecule has 0 aromatic heterocycles. The van der Waals surface area contributed by atoms with Crippen LogP contribution in [0.15, 0.2) is 42.5 Å². The van der Waals surface area contributed by atoms with Gasteiger partial charge in [0, 0.05) is 17.9 Å². The van der Waals surface area contributed by atoms with Gasteiger partial charge in [-0.15, -0.1) is 0 Å². The molecule has 0 amide bonds. The average molecular weight is 252 g/mol. The van der Waals surface area contributed by atoms with Gasteiger partial charge in [0.05, 0.1) is 0 Å². The van der Waals surface area contributed by atoms with Crippen LogP contribution in [0.2, 0.25) is 0 Å². The fourth-order valence-corrected chi connectivity index (χ4v) is 2.84. The monoisotopic (exact) mass is 252 g/mol. The molecule has 1 aliphatic carbocycles. The molecule has 0 radical (unpaired) electrons. The van der Waals surface area contributed by atoms with Crippen LogP contribution in [0.1, 0.15) is 45.8 Å². The molecule has 0 fully saturated rings. The van der Waals surface area contributed by atoms with Crippen molar-refractivity contribution in [2.75, 3.05) is 0 Å². The van der Waals surface area contributed by atoms with Gasteiger partial charge in [0.1, 0.15) is 5.75 Å². The minimum Gasteiger partial charge on any atom is -0.508 e. The smallest absolute Gasteiger partial charge is 0.163 e. The number of benzene rings is 2. The first-order valence-corrected chi connectivity index (χ1v) is 6.58. The Kier molecular flexibility index (Phi) is 2.86. The third-order valence-electron chi connectivity index (χ3n) is 3.91. The SMILES string of the molecule is Cc1cc2c(cc1O)C(c1ccccc1)CCC2=O. The predicted octanol–water partition coefficient (Wildman–Crippen LogP) is 3.81. The maximum atomic E-state index is 12.0. The van der Waals surface area contributed by atoms with Gasteiger partial charge >= 0.3 is 0 Å². The van der Waals surface area contributed by atoms with Gasteiger partial charge in [-0.3, -0.25) is 4.79 Å². The van der Waals surface area contributed by atoms with E-state index in [9.17, 15) is 9.90 Å². The molecule has 1 aliphatic rings. The van der Waals surface area contributed by atoms with Crippen molar-refractivity contribution in [1.29, 1.82) is 0 Å². The van der Waals surface area contributed by atoms with E-state index in [2.05, 4.69) is 12.1 Å². The van der Waals surface area contributed by atoms with E-state index in [1.807, 2.05) is 31.2 Å². The van der Waals surface area contributed by atoms with Gasteiger partial charge in [-0.1, -0.05) is 30.3 Å². The number of fused-ring (bicyclic) bond motifs is 1. The van der Waals surface area contributed by atoms with Crippen LogP contribution < -0.4 is 0 Å². The van der Waals surface area contributed by atoms with Gasteiger partial charge in [-0.2, -0.15) is 0 Å². The molecular weight excluding hydrogens is 236 g/mol. The maximum absolute atomic E-state index is 12.0. The second-order valence-electron chi connectivity index (χ2n) is 5.15. The summed E-state index contributed by atoms with van der Waals surface area (Å²) in [4.78, 5) is 12.0. The number of hydrogen-bond donors (Lipinski definition) is 1. The fourth-order valence-electron chi connectivity index (χ4n) is 2.84. The van der Waals surface area contributed by atoms with Crippen LogP contribution in [0.25, 0.3) is 0 Å². The quantitative estimate of drug-likeness (QED) is 0.838. The van der Waals surface area contributed by atoms with E-state index in [1.54, 1.807) is 6.07 Å². The Bertz CT molecular complexity index is 629. The van der Waals surface area contributed by atoms with Crippen LogP contribution in [-0.4, -0.2) is 10.9 Å². The number of hydrogen-bond acceptors (Lipinski definition) is 2. The number of aromatic hydroxyl groups is 1. The normalized spacial score (nSPS) is 18.2. The summed E-state index contributed by atoms with van der Waals surface area (Å²) in [6.45, 7) is 1.83. The summed E-state index contributed by atoms with van der Waals surface area (Å²) in [7, 11) is 0. The van der Waals surface area contributed by atoms with Gasteiger partial charge in [0.2, 0.25) is 0 Å². The summed E-state index contributed by atoms with van der Waals surface area (Å²) in [5.74, 6) is 0.667. The third-order valence-corrected chi connectivity index (χ3v) is 3.91. The van der Waals surface area contributed by atoms with Gasteiger partial charge in [-0.25, -0.2) is 0 Å². The van der Waals surface area contributed by atoms with Gasteiger partial charge in [-0.05, 0) is 42.2 Å². The number of phenolic OH excluding ortho intramolecular Hbond substituents is 1. The Morgan fingerprint density at radius 1 is 1.16 bits per heavy atom. The van der Waals surface area contributed by atoms with Crippen LogP contribution in [0.4, 0.5) is 0 Å². The van der Waals surface area contributed by atoms with E-state index in [-0.39, 0.29) is 17.5 Å². The van der Waals surface area contributed by atoms with Crippen LogP contribution >= 0.6 is 0 Å². The molecule has 0 aliphatic heterocycles. The lowest BCUT2D eigenvalue weighted by molar-refractivity contribution is 0.0969. The Morgan fingerprint density at radius 2 is 1.89 bits per heavy atom. The fraction of sp³-hybridized carbons (Fsp3) is 0.235. The average Bonchev–Trinajstić information content (AvgIpc) is 2.42. The van der Waals surface area contributed by atoms with Crippen LogP contribution in [0, 0.1) is 6.92 Å². The zero-order valence-corrected chi connectivity index (χ0v) is 10.9. The molecule has 0 saturated heterocycles. The maximum Gasteiger partial charge on any atom is 0.163 e. The second-order valence-corrected chi connectivity index (χ2v) is 5.15. The van der Waals surface area contributed by atoms with Crippen LogP contribution in [0.3, 0.4) is 0 Å². The summed E-state index contributed by atoms with van der Waals surface area (Å²) in [6, 6.07) is 13.8. The Hall–Kier alpha value is -2.09. The van der Waals surface area contributed by atoms with E-state index in [4.69, 9.17) is 0 Å². The molecule has 2 heteroatoms. The highest BCUT2D eigenvalue weighted by Gasteiger charge is 2.27. The topological polar surface area (TPSA) is 37.3 Å². The van der Waals surface area contributed by atoms with Crippen LogP contribution in [0.5, 0.6) is 5.75 Å². The largest absolute Gasteiger partial charge is 0.508 e. The lowest BCUT2D eigenvalue weighted by Gasteiger charge is -2.25. The van der Waals surface area contributed by atoms with Crippen molar-refractivity contribution in [3.8, 4) is 5.75 Å². The first kappa shape index (κ1) is 12.0. The summed E-state index contributed by atoms with van der Waals surface area (Å²) in [5, 5.41) is 9.91. The molecule has 3 rings (SSSR count). The van der Waals surface area contributed by atoms with Crippen molar-refractivity contribution in [2.24, 2.45) is 0 Å². The molecule has 1 atom stereocenters. The van der Waals surface area contributed by atoms with Crippen molar-refractivity contribution in [1.82, 2.24) is 0 Å². The number of aryl methyl sites for hydroxylation is 1. The number of rotatable bonds is 1. The van der Waals surface area contributed by atoms with E-state index >= 15 is 0 Å². The molecule has 2 aromatic carbocycles. The molecule has 0 bridgehead atoms. The van der Waals surface area contributed by atoms with Gasteiger partial charge in [0.15, 0.2) is 5.78 Å². The lowest BCUT2D eigenvalue weighted by atomic mass is 9.78. The zero-order chi connectivity index (χ0) is 13.4. The Morgan fingerprint density at radius 3 is 2.63 bits per heavy atom. The van der Waals surface area contributed by atoms with Crippen molar-refractivity contribution in [2.45, 2.75) is 25.7 Å². The molecule has 1 N–H and O–H groups in total. The van der Waals surface area contributed by atoms with Crippen molar-refractivity contribution in [3.63, 3.8) is 0 Å². The van der Waals surface area contributed by atoms with Crippen molar-refractivity contribution >= 4 is 5.78 Å². The molecule has 0 heterocycles. The molecule has 1 unspecified atom stereocenters. The first-order chi connectivity index (χ1) is 9.16. The number of phenols is 1. The number of Topliss-reactive ketones (excluding diaryl/α,β-unsaturated/α-hetero) is 1. The van der Waals surface area contributed by atoms with E-state index < -0.39 is 0 Å². The molecule has 19 heavy (non-hydrogen) atoms. The predicted molar refractivity (Wildman–Crippen MR) is 74.7 cm³/mol. The number of carbonyl (C=O) groups excluding carboxylic acids is 1. The highest BCUT2D eigenvalue weighted by molar-refractivity contribution is 5.99.